The van der Waals surface area contributed by atoms with Gasteiger partial charge in [-0.05, 0) is 43.5 Å². The number of benzene rings is 1. The monoisotopic (exact) mass is 246 g/mol. The molecule has 1 N–H and O–H groups in total. The van der Waals surface area contributed by atoms with Crippen LogP contribution in [-0.4, -0.2) is 21.1 Å². The molecule has 18 heavy (non-hydrogen) atoms. The van der Waals surface area contributed by atoms with Gasteiger partial charge in [0.05, 0.1) is 0 Å². The van der Waals surface area contributed by atoms with Gasteiger partial charge in [0.15, 0.2) is 0 Å². The normalized spacial score (nSPS) is 18.6. The second-order valence-corrected chi connectivity index (χ2v) is 5.65. The Morgan fingerprint density at radius 1 is 1.17 bits per heavy atom. The lowest BCUT2D eigenvalue weighted by Crippen LogP contribution is -2.27. The zero-order chi connectivity index (χ0) is 13.0. The first-order chi connectivity index (χ1) is 8.72. The average molecular weight is 246 g/mol. The van der Waals surface area contributed by atoms with Crippen LogP contribution in [-0.2, 0) is 0 Å². The number of nitrogens with zero attached hydrogens (tertiary/aromatic N) is 1. The summed E-state index contributed by atoms with van der Waals surface area (Å²) >= 11 is 0. The molecule has 1 aromatic carbocycles. The van der Waals surface area contributed by atoms with Crippen molar-refractivity contribution in [3.63, 3.8) is 0 Å². The highest BCUT2D eigenvalue weighted by molar-refractivity contribution is 5.48. The first-order valence-electron chi connectivity index (χ1n) is 7.17. The second kappa shape index (κ2) is 6.24. The first-order valence-corrected chi connectivity index (χ1v) is 7.17. The van der Waals surface area contributed by atoms with Crippen LogP contribution in [0.25, 0.3) is 0 Å². The van der Waals surface area contributed by atoms with Gasteiger partial charge in [-0.1, -0.05) is 31.4 Å². The molecule has 1 aliphatic carbocycles. The van der Waals surface area contributed by atoms with E-state index in [1.165, 1.54) is 43.4 Å². The maximum absolute atomic E-state index is 3.54. The molecular weight excluding hydrogens is 220 g/mol. The number of anilines is 1. The van der Waals surface area contributed by atoms with E-state index >= 15 is 0 Å². The molecule has 2 heteroatoms. The van der Waals surface area contributed by atoms with E-state index in [2.05, 4.69) is 55.6 Å². The summed E-state index contributed by atoms with van der Waals surface area (Å²) in [7, 11) is 6.31. The second-order valence-electron chi connectivity index (χ2n) is 5.65. The van der Waals surface area contributed by atoms with Crippen molar-refractivity contribution >= 4 is 5.69 Å². The Morgan fingerprint density at radius 2 is 1.89 bits per heavy atom. The van der Waals surface area contributed by atoms with Gasteiger partial charge in [-0.3, -0.25) is 0 Å². The molecule has 2 nitrogen and oxygen atoms in total. The standard InChI is InChI=1S/C16H26N2/c1-17-16(13-8-5-4-6-9-13)14-10-7-11-15(12-14)18(2)3/h7,10-13,16-17H,4-6,8-9H2,1-3H3. The quantitative estimate of drug-likeness (QED) is 0.873. The molecule has 1 fully saturated rings. The van der Waals surface area contributed by atoms with Crippen molar-refractivity contribution in [2.45, 2.75) is 38.1 Å². The molecular formula is C16H26N2. The minimum absolute atomic E-state index is 0.519. The molecule has 2 rings (SSSR count). The predicted octanol–water partition coefficient (Wildman–Crippen LogP) is 3.59. The molecule has 0 aliphatic heterocycles. The third-order valence-electron chi connectivity index (χ3n) is 4.18. The van der Waals surface area contributed by atoms with Crippen LogP contribution in [0.2, 0.25) is 0 Å². The van der Waals surface area contributed by atoms with Gasteiger partial charge in [-0.15, -0.1) is 0 Å². The summed E-state index contributed by atoms with van der Waals surface area (Å²) in [5.74, 6) is 0.807. The van der Waals surface area contributed by atoms with Crippen LogP contribution < -0.4 is 10.2 Å². The summed E-state index contributed by atoms with van der Waals surface area (Å²) in [6.07, 6.45) is 6.96. The summed E-state index contributed by atoms with van der Waals surface area (Å²) in [4.78, 5) is 2.18. The van der Waals surface area contributed by atoms with Gasteiger partial charge in [0, 0.05) is 25.8 Å². The van der Waals surface area contributed by atoms with E-state index < -0.39 is 0 Å². The molecule has 100 valence electrons. The highest BCUT2D eigenvalue weighted by Crippen LogP contribution is 2.35. The van der Waals surface area contributed by atoms with Crippen molar-refractivity contribution < 1.29 is 0 Å². The maximum atomic E-state index is 3.54. The van der Waals surface area contributed by atoms with E-state index in [1.54, 1.807) is 0 Å². The Kier molecular flexibility index (Phi) is 4.65. The molecule has 1 unspecified atom stereocenters. The van der Waals surface area contributed by atoms with Crippen molar-refractivity contribution in [2.75, 3.05) is 26.0 Å². The summed E-state index contributed by atoms with van der Waals surface area (Å²) in [5, 5.41) is 3.54. The number of nitrogens with one attached hydrogen (secondary N) is 1. The Balaban J connectivity index is 2.18. The van der Waals surface area contributed by atoms with E-state index in [0.29, 0.717) is 6.04 Å². The summed E-state index contributed by atoms with van der Waals surface area (Å²) < 4.78 is 0. The van der Waals surface area contributed by atoms with Crippen molar-refractivity contribution in [3.05, 3.63) is 29.8 Å². The van der Waals surface area contributed by atoms with Gasteiger partial charge in [-0.25, -0.2) is 0 Å². The molecule has 0 spiro atoms. The molecule has 1 atom stereocenters. The average Bonchev–Trinajstić information content (AvgIpc) is 2.41. The van der Waals surface area contributed by atoms with Gasteiger partial charge in [0.1, 0.15) is 0 Å². The van der Waals surface area contributed by atoms with Crippen LogP contribution in [0.5, 0.6) is 0 Å². The van der Waals surface area contributed by atoms with Crippen LogP contribution in [0.1, 0.15) is 43.7 Å². The SMILES string of the molecule is CNC(c1cccc(N(C)C)c1)C1CCCCC1. The Labute approximate surface area is 111 Å². The highest BCUT2D eigenvalue weighted by atomic mass is 15.1. The van der Waals surface area contributed by atoms with E-state index in [0.717, 1.165) is 5.92 Å². The van der Waals surface area contributed by atoms with Crippen LogP contribution in [0, 0.1) is 5.92 Å². The van der Waals surface area contributed by atoms with Gasteiger partial charge < -0.3 is 10.2 Å². The molecule has 0 amide bonds. The van der Waals surface area contributed by atoms with E-state index in [-0.39, 0.29) is 0 Å². The Hall–Kier alpha value is -1.02. The molecule has 1 aromatic rings. The molecule has 0 aromatic heterocycles. The van der Waals surface area contributed by atoms with E-state index in [9.17, 15) is 0 Å². The third-order valence-corrected chi connectivity index (χ3v) is 4.18. The summed E-state index contributed by atoms with van der Waals surface area (Å²) in [5.41, 5.74) is 2.74. The lowest BCUT2D eigenvalue weighted by atomic mass is 9.81. The topological polar surface area (TPSA) is 15.3 Å². The molecule has 0 heterocycles. The fraction of sp³-hybridized carbons (Fsp3) is 0.625. The van der Waals surface area contributed by atoms with E-state index in [1.807, 2.05) is 0 Å². The van der Waals surface area contributed by atoms with Gasteiger partial charge in [0.2, 0.25) is 0 Å². The molecule has 1 aliphatic rings. The fourth-order valence-corrected chi connectivity index (χ4v) is 3.14. The number of rotatable bonds is 4. The molecule has 1 saturated carbocycles. The van der Waals surface area contributed by atoms with Gasteiger partial charge in [-0.2, -0.15) is 0 Å². The van der Waals surface area contributed by atoms with Crippen molar-refractivity contribution in [3.8, 4) is 0 Å². The zero-order valence-electron chi connectivity index (χ0n) is 11.9. The lowest BCUT2D eigenvalue weighted by Gasteiger charge is -2.31. The highest BCUT2D eigenvalue weighted by Gasteiger charge is 2.23. The fourth-order valence-electron chi connectivity index (χ4n) is 3.14. The number of hydrogen-bond acceptors (Lipinski definition) is 2. The molecule has 0 saturated heterocycles. The molecule has 0 bridgehead atoms. The van der Waals surface area contributed by atoms with Gasteiger partial charge >= 0.3 is 0 Å². The maximum Gasteiger partial charge on any atom is 0.0364 e. The predicted molar refractivity (Wildman–Crippen MR) is 79.1 cm³/mol. The number of hydrogen-bond donors (Lipinski definition) is 1. The minimum atomic E-state index is 0.519. The first kappa shape index (κ1) is 13.4. The lowest BCUT2D eigenvalue weighted by molar-refractivity contribution is 0.282. The Morgan fingerprint density at radius 3 is 2.50 bits per heavy atom. The van der Waals surface area contributed by atoms with Crippen LogP contribution >= 0.6 is 0 Å². The smallest absolute Gasteiger partial charge is 0.0364 e. The minimum Gasteiger partial charge on any atom is -0.378 e. The zero-order valence-corrected chi connectivity index (χ0v) is 11.9. The third kappa shape index (κ3) is 3.05. The van der Waals surface area contributed by atoms with Crippen molar-refractivity contribution in [2.24, 2.45) is 5.92 Å². The van der Waals surface area contributed by atoms with Crippen LogP contribution in [0.15, 0.2) is 24.3 Å². The summed E-state index contributed by atoms with van der Waals surface area (Å²) in [6, 6.07) is 9.47. The van der Waals surface area contributed by atoms with E-state index in [4.69, 9.17) is 0 Å². The van der Waals surface area contributed by atoms with Crippen LogP contribution in [0.3, 0.4) is 0 Å². The van der Waals surface area contributed by atoms with Crippen molar-refractivity contribution in [1.29, 1.82) is 0 Å². The molecule has 0 radical (unpaired) electrons. The van der Waals surface area contributed by atoms with Crippen LogP contribution in [0.4, 0.5) is 5.69 Å². The van der Waals surface area contributed by atoms with Gasteiger partial charge in [0.25, 0.3) is 0 Å². The Bertz CT molecular complexity index is 367. The van der Waals surface area contributed by atoms with Crippen molar-refractivity contribution in [1.82, 2.24) is 5.32 Å². The summed E-state index contributed by atoms with van der Waals surface area (Å²) in [6.45, 7) is 0. The largest absolute Gasteiger partial charge is 0.378 e.